The minimum atomic E-state index is -5.08. The van der Waals surface area contributed by atoms with Crippen LogP contribution in [0.1, 0.15) is 0 Å². The first-order chi connectivity index (χ1) is 12.1. The average molecular weight is 392 g/mol. The highest BCUT2D eigenvalue weighted by molar-refractivity contribution is 7.89. The number of carbonyl (C=O) groups excluding carboxylic acids is 1. The largest absolute Gasteiger partial charge is 0.573 e. The van der Waals surface area contributed by atoms with E-state index in [-0.39, 0.29) is 5.69 Å². The van der Waals surface area contributed by atoms with Gasteiger partial charge in [0.1, 0.15) is 16.5 Å². The number of nitrogens with one attached hydrogen (secondary N) is 2. The number of ether oxygens (including phenoxy) is 1. The van der Waals surface area contributed by atoms with Gasteiger partial charge in [-0.1, -0.05) is 18.2 Å². The van der Waals surface area contributed by atoms with E-state index >= 15 is 0 Å². The highest BCUT2D eigenvalue weighted by Crippen LogP contribution is 2.29. The second kappa shape index (κ2) is 7.70. The monoisotopic (exact) mass is 392 g/mol. The van der Waals surface area contributed by atoms with Gasteiger partial charge in [-0.3, -0.25) is 4.79 Å². The maximum absolute atomic E-state index is 13.0. The molecule has 0 spiro atoms. The molecule has 1 amide bonds. The van der Waals surface area contributed by atoms with Crippen LogP contribution in [0.5, 0.6) is 5.75 Å². The maximum atomic E-state index is 13.0. The van der Waals surface area contributed by atoms with Gasteiger partial charge in [0.15, 0.2) is 0 Å². The summed E-state index contributed by atoms with van der Waals surface area (Å²) in [6.07, 6.45) is -5.08. The summed E-state index contributed by atoms with van der Waals surface area (Å²) in [6, 6.07) is 8.96. The van der Waals surface area contributed by atoms with Crippen molar-refractivity contribution in [1.29, 1.82) is 0 Å². The minimum absolute atomic E-state index is 0.0926. The summed E-state index contributed by atoms with van der Waals surface area (Å²) in [7, 11) is -4.47. The normalized spacial score (nSPS) is 11.8. The molecule has 2 aromatic carbocycles. The molecule has 140 valence electrons. The van der Waals surface area contributed by atoms with Crippen LogP contribution in [0.25, 0.3) is 0 Å². The lowest BCUT2D eigenvalue weighted by molar-refractivity contribution is -0.275. The van der Waals surface area contributed by atoms with Crippen LogP contribution in [-0.2, 0) is 14.8 Å². The Bertz CT molecular complexity index is 901. The van der Waals surface area contributed by atoms with Gasteiger partial charge in [0.2, 0.25) is 15.9 Å². The van der Waals surface area contributed by atoms with Gasteiger partial charge in [0.05, 0.1) is 6.54 Å². The van der Waals surface area contributed by atoms with Gasteiger partial charge < -0.3 is 10.1 Å². The van der Waals surface area contributed by atoms with E-state index in [2.05, 4.69) is 10.1 Å². The molecule has 0 saturated heterocycles. The first kappa shape index (κ1) is 19.7. The predicted octanol–water partition coefficient (Wildman–Crippen LogP) is 2.64. The Hall–Kier alpha value is -2.66. The Morgan fingerprint density at radius 2 is 1.77 bits per heavy atom. The number of para-hydroxylation sites is 1. The lowest BCUT2D eigenvalue weighted by Gasteiger charge is -2.14. The zero-order valence-electron chi connectivity index (χ0n) is 12.9. The summed E-state index contributed by atoms with van der Waals surface area (Å²) in [5.74, 6) is -2.38. The average Bonchev–Trinajstić information content (AvgIpc) is 2.52. The molecule has 0 unspecified atom stereocenters. The molecule has 0 saturated carbocycles. The summed E-state index contributed by atoms with van der Waals surface area (Å²) in [5.41, 5.74) is 0.0926. The smallest absolute Gasteiger partial charge is 0.404 e. The third-order valence-corrected chi connectivity index (χ3v) is 4.34. The summed E-state index contributed by atoms with van der Waals surface area (Å²) in [5, 5.41) is 2.24. The SMILES string of the molecule is O=C(CNS(=O)(=O)c1ccccc1OC(F)(F)F)Nc1cccc(F)c1. The predicted molar refractivity (Wildman–Crippen MR) is 83.3 cm³/mol. The first-order valence-corrected chi connectivity index (χ1v) is 8.45. The molecule has 0 bridgehead atoms. The Morgan fingerprint density at radius 1 is 1.08 bits per heavy atom. The van der Waals surface area contributed by atoms with Crippen molar-refractivity contribution in [3.05, 3.63) is 54.3 Å². The van der Waals surface area contributed by atoms with Gasteiger partial charge in [0.25, 0.3) is 0 Å². The highest BCUT2D eigenvalue weighted by atomic mass is 32.2. The zero-order valence-corrected chi connectivity index (χ0v) is 13.7. The molecule has 0 heterocycles. The molecule has 2 aromatic rings. The van der Waals surface area contributed by atoms with Crippen LogP contribution in [0.3, 0.4) is 0 Å². The van der Waals surface area contributed by atoms with Crippen LogP contribution in [0, 0.1) is 5.82 Å². The Balaban J connectivity index is 2.08. The number of alkyl halides is 3. The number of amides is 1. The summed E-state index contributed by atoms with van der Waals surface area (Å²) in [6.45, 7) is -0.779. The van der Waals surface area contributed by atoms with Crippen molar-refractivity contribution in [3.63, 3.8) is 0 Å². The van der Waals surface area contributed by atoms with E-state index in [4.69, 9.17) is 0 Å². The van der Waals surface area contributed by atoms with E-state index in [0.29, 0.717) is 0 Å². The lowest BCUT2D eigenvalue weighted by Crippen LogP contribution is -2.33. The van der Waals surface area contributed by atoms with Crippen molar-refractivity contribution in [2.75, 3.05) is 11.9 Å². The van der Waals surface area contributed by atoms with E-state index in [1.54, 1.807) is 0 Å². The van der Waals surface area contributed by atoms with E-state index < -0.39 is 45.3 Å². The maximum Gasteiger partial charge on any atom is 0.573 e. The quantitative estimate of drug-likeness (QED) is 0.741. The van der Waals surface area contributed by atoms with Crippen LogP contribution in [0.4, 0.5) is 23.2 Å². The third-order valence-electron chi connectivity index (χ3n) is 2.90. The van der Waals surface area contributed by atoms with Gasteiger partial charge in [-0.05, 0) is 30.3 Å². The molecule has 0 aromatic heterocycles. The van der Waals surface area contributed by atoms with Gasteiger partial charge in [0, 0.05) is 5.69 Å². The van der Waals surface area contributed by atoms with Crippen LogP contribution in [-0.4, -0.2) is 27.2 Å². The fourth-order valence-electron chi connectivity index (χ4n) is 1.89. The fraction of sp³-hybridized carbons (Fsp3) is 0.133. The molecule has 26 heavy (non-hydrogen) atoms. The van der Waals surface area contributed by atoms with Gasteiger partial charge in [-0.15, -0.1) is 13.2 Å². The minimum Gasteiger partial charge on any atom is -0.404 e. The second-order valence-electron chi connectivity index (χ2n) is 4.88. The van der Waals surface area contributed by atoms with Crippen molar-refractivity contribution in [2.45, 2.75) is 11.3 Å². The van der Waals surface area contributed by atoms with Crippen molar-refractivity contribution in [1.82, 2.24) is 4.72 Å². The molecule has 0 radical (unpaired) electrons. The van der Waals surface area contributed by atoms with Crippen LogP contribution in [0.15, 0.2) is 53.4 Å². The molecule has 2 rings (SSSR count). The highest BCUT2D eigenvalue weighted by Gasteiger charge is 2.34. The van der Waals surface area contributed by atoms with E-state index in [0.717, 1.165) is 30.3 Å². The number of anilines is 1. The number of hydrogen-bond acceptors (Lipinski definition) is 4. The third kappa shape index (κ3) is 5.70. The molecular weight excluding hydrogens is 380 g/mol. The van der Waals surface area contributed by atoms with Crippen LogP contribution < -0.4 is 14.8 Å². The number of rotatable bonds is 6. The van der Waals surface area contributed by atoms with E-state index in [1.165, 1.54) is 18.2 Å². The summed E-state index contributed by atoms with van der Waals surface area (Å²) in [4.78, 5) is 11.0. The second-order valence-corrected chi connectivity index (χ2v) is 6.61. The van der Waals surface area contributed by atoms with Gasteiger partial charge in [-0.25, -0.2) is 17.5 Å². The number of halogens is 4. The Morgan fingerprint density at radius 3 is 2.42 bits per heavy atom. The molecule has 0 aliphatic rings. The van der Waals surface area contributed by atoms with Crippen LogP contribution in [0.2, 0.25) is 0 Å². The van der Waals surface area contributed by atoms with Crippen molar-refractivity contribution < 1.29 is 35.5 Å². The standard InChI is InChI=1S/C15H12F4N2O4S/c16-10-4-3-5-11(8-10)21-14(22)9-20-26(23,24)13-7-2-1-6-12(13)25-15(17,18)19/h1-8,20H,9H2,(H,21,22). The van der Waals surface area contributed by atoms with Crippen LogP contribution >= 0.6 is 0 Å². The number of hydrogen-bond donors (Lipinski definition) is 2. The summed E-state index contributed by atoms with van der Waals surface area (Å²) < 4.78 is 80.0. The first-order valence-electron chi connectivity index (χ1n) is 6.97. The number of carbonyl (C=O) groups is 1. The number of benzene rings is 2. The molecule has 0 fully saturated rings. The Kier molecular flexibility index (Phi) is 5.83. The molecule has 0 aliphatic heterocycles. The Labute approximate surface area is 145 Å². The van der Waals surface area contributed by atoms with Gasteiger partial charge >= 0.3 is 6.36 Å². The molecule has 11 heteroatoms. The van der Waals surface area contributed by atoms with Crippen molar-refractivity contribution in [3.8, 4) is 5.75 Å². The lowest BCUT2D eigenvalue weighted by atomic mass is 10.3. The molecule has 2 N–H and O–H groups in total. The summed E-state index contributed by atoms with van der Waals surface area (Å²) >= 11 is 0. The fourth-order valence-corrected chi connectivity index (χ4v) is 3.00. The van der Waals surface area contributed by atoms with Gasteiger partial charge in [-0.2, -0.15) is 0 Å². The van der Waals surface area contributed by atoms with Crippen molar-refractivity contribution >= 4 is 21.6 Å². The van der Waals surface area contributed by atoms with E-state index in [1.807, 2.05) is 4.72 Å². The molecular formula is C15H12F4N2O4S. The molecule has 0 aliphatic carbocycles. The zero-order chi connectivity index (χ0) is 19.4. The van der Waals surface area contributed by atoms with E-state index in [9.17, 15) is 30.8 Å². The molecule has 0 atom stereocenters. The number of sulfonamides is 1. The molecule has 6 nitrogen and oxygen atoms in total. The topological polar surface area (TPSA) is 84.5 Å². The van der Waals surface area contributed by atoms with Crippen molar-refractivity contribution in [2.24, 2.45) is 0 Å².